The molecule has 0 radical (unpaired) electrons. The molecular weight excluding hydrogens is 260 g/mol. The fourth-order valence-electron chi connectivity index (χ4n) is 2.79. The van der Waals surface area contributed by atoms with Gasteiger partial charge in [-0.3, -0.25) is 14.4 Å². The molecule has 0 amide bonds. The van der Waals surface area contributed by atoms with Crippen molar-refractivity contribution in [1.82, 2.24) is 0 Å². The Bertz CT molecular complexity index is 500. The molecule has 1 fully saturated rings. The normalized spacial score (nSPS) is 24.0. The van der Waals surface area contributed by atoms with Crippen molar-refractivity contribution in [3.8, 4) is 0 Å². The number of Topliss-reactive ketones (excluding diaryl/α,β-unsaturated/α-hetero) is 1. The number of carbonyl (C=O) groups excluding carboxylic acids is 3. The van der Waals surface area contributed by atoms with Gasteiger partial charge in [-0.1, -0.05) is 12.2 Å². The van der Waals surface area contributed by atoms with Gasteiger partial charge in [0, 0.05) is 11.5 Å². The zero-order valence-electron chi connectivity index (χ0n) is 11.7. The molecule has 1 saturated carbocycles. The molecule has 0 N–H and O–H groups in total. The van der Waals surface area contributed by atoms with Gasteiger partial charge >= 0.3 is 11.9 Å². The molecule has 0 aromatic heterocycles. The fourth-order valence-corrected chi connectivity index (χ4v) is 2.79. The minimum absolute atomic E-state index is 0.0340. The minimum atomic E-state index is -0.905. The summed E-state index contributed by atoms with van der Waals surface area (Å²) < 4.78 is 9.89. The van der Waals surface area contributed by atoms with Crippen LogP contribution in [0.15, 0.2) is 23.3 Å². The maximum Gasteiger partial charge on any atom is 0.317 e. The third-order valence-electron chi connectivity index (χ3n) is 3.55. The Labute approximate surface area is 117 Å². The highest BCUT2D eigenvalue weighted by Crippen LogP contribution is 2.43. The first-order chi connectivity index (χ1) is 9.60. The summed E-state index contributed by atoms with van der Waals surface area (Å²) in [7, 11) is 0. The second-order valence-corrected chi connectivity index (χ2v) is 4.72. The highest BCUT2D eigenvalue weighted by molar-refractivity contribution is 6.15. The van der Waals surface area contributed by atoms with Gasteiger partial charge in [-0.25, -0.2) is 0 Å². The average molecular weight is 278 g/mol. The monoisotopic (exact) mass is 278 g/mol. The summed E-state index contributed by atoms with van der Waals surface area (Å²) in [5.41, 5.74) is 1.36. The summed E-state index contributed by atoms with van der Waals surface area (Å²) in [6.07, 6.45) is 4.41. The quantitative estimate of drug-likeness (QED) is 0.564. The number of rotatable bonds is 5. The molecular formula is C15H18O5. The second kappa shape index (κ2) is 6.03. The van der Waals surface area contributed by atoms with E-state index < -0.39 is 23.8 Å². The number of hydrogen-bond acceptors (Lipinski definition) is 5. The van der Waals surface area contributed by atoms with Crippen LogP contribution in [-0.2, 0) is 23.9 Å². The van der Waals surface area contributed by atoms with Crippen LogP contribution in [0.25, 0.3) is 0 Å². The Morgan fingerprint density at radius 2 is 1.90 bits per heavy atom. The van der Waals surface area contributed by atoms with E-state index in [4.69, 9.17) is 9.47 Å². The van der Waals surface area contributed by atoms with E-state index >= 15 is 0 Å². The summed E-state index contributed by atoms with van der Waals surface area (Å²) in [6, 6.07) is 0. The summed E-state index contributed by atoms with van der Waals surface area (Å²) in [6.45, 7) is 3.91. The lowest BCUT2D eigenvalue weighted by Crippen LogP contribution is -2.29. The van der Waals surface area contributed by atoms with Gasteiger partial charge in [0.2, 0.25) is 0 Å². The van der Waals surface area contributed by atoms with Crippen LogP contribution < -0.4 is 0 Å². The van der Waals surface area contributed by atoms with E-state index in [1.165, 1.54) is 0 Å². The van der Waals surface area contributed by atoms with Crippen molar-refractivity contribution in [2.75, 3.05) is 13.2 Å². The van der Waals surface area contributed by atoms with Gasteiger partial charge < -0.3 is 9.47 Å². The smallest absolute Gasteiger partial charge is 0.317 e. The fraction of sp³-hybridized carbons (Fsp3) is 0.533. The van der Waals surface area contributed by atoms with E-state index in [1.54, 1.807) is 19.9 Å². The van der Waals surface area contributed by atoms with Gasteiger partial charge in [0.05, 0.1) is 19.6 Å². The van der Waals surface area contributed by atoms with E-state index in [9.17, 15) is 14.4 Å². The van der Waals surface area contributed by atoms with Crippen LogP contribution in [0.1, 0.15) is 26.7 Å². The van der Waals surface area contributed by atoms with Crippen molar-refractivity contribution in [2.24, 2.45) is 11.8 Å². The number of ketones is 1. The van der Waals surface area contributed by atoms with Crippen molar-refractivity contribution in [3.63, 3.8) is 0 Å². The number of hydrogen-bond donors (Lipinski definition) is 0. The van der Waals surface area contributed by atoms with Crippen molar-refractivity contribution in [3.05, 3.63) is 23.3 Å². The van der Waals surface area contributed by atoms with E-state index in [-0.39, 0.29) is 25.4 Å². The first-order valence-electron chi connectivity index (χ1n) is 6.87. The maximum absolute atomic E-state index is 12.3. The molecule has 0 heterocycles. The van der Waals surface area contributed by atoms with E-state index in [1.807, 2.05) is 6.08 Å². The molecule has 2 rings (SSSR count). The average Bonchev–Trinajstić information content (AvgIpc) is 2.95. The lowest BCUT2D eigenvalue weighted by atomic mass is 9.89. The van der Waals surface area contributed by atoms with Crippen LogP contribution in [0.4, 0.5) is 0 Å². The van der Waals surface area contributed by atoms with Gasteiger partial charge in [-0.15, -0.1) is 0 Å². The first kappa shape index (κ1) is 14.5. The molecule has 5 heteroatoms. The molecule has 108 valence electrons. The molecule has 0 aromatic rings. The van der Waals surface area contributed by atoms with E-state index in [0.29, 0.717) is 12.0 Å². The van der Waals surface area contributed by atoms with Gasteiger partial charge in [-0.05, 0) is 25.8 Å². The Morgan fingerprint density at radius 1 is 1.20 bits per heavy atom. The summed E-state index contributed by atoms with van der Waals surface area (Å²) in [5, 5.41) is 0. The summed E-state index contributed by atoms with van der Waals surface area (Å²) in [4.78, 5) is 36.0. The molecule has 0 bridgehead atoms. The van der Waals surface area contributed by atoms with Crippen molar-refractivity contribution >= 4 is 17.7 Å². The standard InChI is InChI=1S/C15H18O5/c1-3-19-12(16)8-11-9-6-5-7-10(9)14(17)13(11)15(18)20-4-2/h6-7,11,13H,3-5,8H2,1-2H3/t11-,13+/m1/s1. The maximum atomic E-state index is 12.3. The van der Waals surface area contributed by atoms with Crippen LogP contribution in [0.5, 0.6) is 0 Å². The van der Waals surface area contributed by atoms with Gasteiger partial charge in [0.1, 0.15) is 5.92 Å². The largest absolute Gasteiger partial charge is 0.466 e. The van der Waals surface area contributed by atoms with Gasteiger partial charge in [-0.2, -0.15) is 0 Å². The third kappa shape index (κ3) is 2.53. The van der Waals surface area contributed by atoms with Crippen molar-refractivity contribution in [2.45, 2.75) is 26.7 Å². The van der Waals surface area contributed by atoms with Crippen molar-refractivity contribution in [1.29, 1.82) is 0 Å². The molecule has 0 aromatic carbocycles. The number of carbonyl (C=O) groups is 3. The van der Waals surface area contributed by atoms with Crippen LogP contribution in [0, 0.1) is 11.8 Å². The van der Waals surface area contributed by atoms with Crippen LogP contribution in [0.2, 0.25) is 0 Å². The molecule has 2 aliphatic rings. The zero-order chi connectivity index (χ0) is 14.7. The molecule has 0 spiro atoms. The molecule has 5 nitrogen and oxygen atoms in total. The minimum Gasteiger partial charge on any atom is -0.466 e. The lowest BCUT2D eigenvalue weighted by Gasteiger charge is -2.16. The Kier molecular flexibility index (Phi) is 4.37. The highest BCUT2D eigenvalue weighted by atomic mass is 16.5. The van der Waals surface area contributed by atoms with Gasteiger partial charge in [0.15, 0.2) is 5.78 Å². The predicted octanol–water partition coefficient (Wildman–Crippen LogP) is 1.57. The number of fused-ring (bicyclic) bond motifs is 1. The molecule has 0 aliphatic heterocycles. The Hall–Kier alpha value is -1.91. The zero-order valence-corrected chi connectivity index (χ0v) is 11.7. The number of allylic oxidation sites excluding steroid dienone is 4. The summed E-state index contributed by atoms with van der Waals surface area (Å²) >= 11 is 0. The number of esters is 2. The predicted molar refractivity (Wildman–Crippen MR) is 70.7 cm³/mol. The van der Waals surface area contributed by atoms with Crippen LogP contribution in [0.3, 0.4) is 0 Å². The van der Waals surface area contributed by atoms with Gasteiger partial charge in [0.25, 0.3) is 0 Å². The Balaban J connectivity index is 2.23. The van der Waals surface area contributed by atoms with Crippen molar-refractivity contribution < 1.29 is 23.9 Å². The topological polar surface area (TPSA) is 69.7 Å². The first-order valence-corrected chi connectivity index (χ1v) is 6.87. The molecule has 2 atom stereocenters. The summed E-state index contributed by atoms with van der Waals surface area (Å²) in [5.74, 6) is -2.54. The Morgan fingerprint density at radius 3 is 2.55 bits per heavy atom. The van der Waals surface area contributed by atoms with E-state index in [0.717, 1.165) is 5.57 Å². The third-order valence-corrected chi connectivity index (χ3v) is 3.55. The molecule has 2 aliphatic carbocycles. The SMILES string of the molecule is CCOC(=O)C[C@@H]1C2=CCC=C2C(=O)[C@H]1C(=O)OCC. The van der Waals surface area contributed by atoms with Crippen LogP contribution >= 0.6 is 0 Å². The lowest BCUT2D eigenvalue weighted by molar-refractivity contribution is -0.152. The van der Waals surface area contributed by atoms with Crippen LogP contribution in [-0.4, -0.2) is 30.9 Å². The molecule has 20 heavy (non-hydrogen) atoms. The second-order valence-electron chi connectivity index (χ2n) is 4.72. The highest BCUT2D eigenvalue weighted by Gasteiger charge is 2.48. The molecule has 0 saturated heterocycles. The molecule has 0 unspecified atom stereocenters. The number of ether oxygens (including phenoxy) is 2. The van der Waals surface area contributed by atoms with E-state index in [2.05, 4.69) is 0 Å².